The van der Waals surface area contributed by atoms with Gasteiger partial charge < -0.3 is 9.88 Å². The molecule has 2 aromatic rings. The molecule has 1 amide bonds. The lowest BCUT2D eigenvalue weighted by molar-refractivity contribution is -0.139. The molecule has 0 saturated carbocycles. The number of benzene rings is 1. The van der Waals surface area contributed by atoms with Crippen LogP contribution in [0.5, 0.6) is 0 Å². The van der Waals surface area contributed by atoms with Gasteiger partial charge in [-0.1, -0.05) is 31.5 Å². The highest BCUT2D eigenvalue weighted by Crippen LogP contribution is 2.33. The van der Waals surface area contributed by atoms with Gasteiger partial charge in [0.1, 0.15) is 0 Å². The van der Waals surface area contributed by atoms with Crippen LogP contribution in [-0.2, 0) is 4.79 Å². The summed E-state index contributed by atoms with van der Waals surface area (Å²) < 4.78 is 0. The summed E-state index contributed by atoms with van der Waals surface area (Å²) in [7, 11) is 0. The largest absolute Gasteiger partial charge is 0.361 e. The second-order valence-corrected chi connectivity index (χ2v) is 7.94. The van der Waals surface area contributed by atoms with Crippen LogP contribution in [0.15, 0.2) is 30.5 Å². The zero-order chi connectivity index (χ0) is 17.9. The van der Waals surface area contributed by atoms with Gasteiger partial charge in [-0.15, -0.1) is 0 Å². The van der Waals surface area contributed by atoms with Crippen molar-refractivity contribution in [1.82, 2.24) is 14.8 Å². The zero-order valence-electron chi connectivity index (χ0n) is 15.9. The first-order chi connectivity index (χ1) is 12.8. The SMILES string of the molecule is CCCN1CCCCC1C(=O)N1CCC(c2c[nH]c3ccccc23)CC1. The monoisotopic (exact) mass is 353 g/mol. The summed E-state index contributed by atoms with van der Waals surface area (Å²) in [5.74, 6) is 0.948. The molecule has 1 N–H and O–H groups in total. The number of para-hydroxylation sites is 1. The summed E-state index contributed by atoms with van der Waals surface area (Å²) in [5, 5.41) is 1.35. The van der Waals surface area contributed by atoms with Gasteiger partial charge in [-0.2, -0.15) is 0 Å². The maximum atomic E-state index is 13.1. The number of piperidine rings is 2. The lowest BCUT2D eigenvalue weighted by atomic mass is 9.88. The fourth-order valence-electron chi connectivity index (χ4n) is 4.88. The molecular weight excluding hydrogens is 322 g/mol. The quantitative estimate of drug-likeness (QED) is 0.897. The maximum Gasteiger partial charge on any atom is 0.239 e. The van der Waals surface area contributed by atoms with Crippen LogP contribution in [0, 0.1) is 0 Å². The summed E-state index contributed by atoms with van der Waals surface area (Å²) in [6, 6.07) is 8.68. The Balaban J connectivity index is 1.40. The Morgan fingerprint density at radius 1 is 1.12 bits per heavy atom. The predicted molar refractivity (Wildman–Crippen MR) is 106 cm³/mol. The number of likely N-dealkylation sites (tertiary alicyclic amines) is 2. The van der Waals surface area contributed by atoms with Gasteiger partial charge >= 0.3 is 0 Å². The Hall–Kier alpha value is -1.81. The average molecular weight is 354 g/mol. The molecule has 2 aliphatic rings. The molecule has 1 aromatic carbocycles. The molecule has 0 bridgehead atoms. The van der Waals surface area contributed by atoms with Crippen LogP contribution in [0.25, 0.3) is 10.9 Å². The zero-order valence-corrected chi connectivity index (χ0v) is 15.9. The van der Waals surface area contributed by atoms with Crippen molar-refractivity contribution in [2.75, 3.05) is 26.2 Å². The molecule has 4 heteroatoms. The Kier molecular flexibility index (Phi) is 5.30. The van der Waals surface area contributed by atoms with Crippen LogP contribution in [0.3, 0.4) is 0 Å². The van der Waals surface area contributed by atoms with Gasteiger partial charge in [-0.05, 0) is 62.7 Å². The van der Waals surface area contributed by atoms with Gasteiger partial charge in [0.25, 0.3) is 0 Å². The molecule has 3 heterocycles. The predicted octanol–water partition coefficient (Wildman–Crippen LogP) is 4.14. The number of aromatic amines is 1. The molecule has 2 fully saturated rings. The Bertz CT molecular complexity index is 743. The first-order valence-electron chi connectivity index (χ1n) is 10.4. The number of carbonyl (C=O) groups is 1. The molecule has 0 aliphatic carbocycles. The van der Waals surface area contributed by atoms with Crippen molar-refractivity contribution in [2.24, 2.45) is 0 Å². The minimum atomic E-state index is 0.133. The Morgan fingerprint density at radius 3 is 2.73 bits per heavy atom. The molecule has 0 spiro atoms. The molecular formula is C22H31N3O. The van der Waals surface area contributed by atoms with E-state index in [4.69, 9.17) is 0 Å². The van der Waals surface area contributed by atoms with Crippen LogP contribution < -0.4 is 0 Å². The third-order valence-corrected chi connectivity index (χ3v) is 6.28. The highest BCUT2D eigenvalue weighted by molar-refractivity contribution is 5.84. The third kappa shape index (κ3) is 3.39. The highest BCUT2D eigenvalue weighted by Gasteiger charge is 2.33. The van der Waals surface area contributed by atoms with Gasteiger partial charge in [0.15, 0.2) is 0 Å². The van der Waals surface area contributed by atoms with Gasteiger partial charge in [0, 0.05) is 30.2 Å². The molecule has 1 atom stereocenters. The van der Waals surface area contributed by atoms with E-state index in [1.165, 1.54) is 29.3 Å². The van der Waals surface area contributed by atoms with Gasteiger partial charge in [0.05, 0.1) is 6.04 Å². The molecule has 4 rings (SSSR count). The van der Waals surface area contributed by atoms with Crippen molar-refractivity contribution < 1.29 is 4.79 Å². The average Bonchev–Trinajstić information content (AvgIpc) is 3.12. The molecule has 0 radical (unpaired) electrons. The number of amides is 1. The fraction of sp³-hybridized carbons (Fsp3) is 0.591. The van der Waals surface area contributed by atoms with E-state index in [-0.39, 0.29) is 6.04 Å². The number of nitrogens with one attached hydrogen (secondary N) is 1. The lowest BCUT2D eigenvalue weighted by Gasteiger charge is -2.40. The molecule has 2 aliphatic heterocycles. The summed E-state index contributed by atoms with van der Waals surface area (Å²) in [4.78, 5) is 21.1. The Labute approximate surface area is 156 Å². The summed E-state index contributed by atoms with van der Waals surface area (Å²) in [6.45, 7) is 6.17. The van der Waals surface area contributed by atoms with Gasteiger partial charge in [0.2, 0.25) is 5.91 Å². The van der Waals surface area contributed by atoms with E-state index in [0.717, 1.165) is 51.9 Å². The van der Waals surface area contributed by atoms with Crippen LogP contribution in [0.4, 0.5) is 0 Å². The Morgan fingerprint density at radius 2 is 1.92 bits per heavy atom. The van der Waals surface area contributed by atoms with E-state index in [1.54, 1.807) is 0 Å². The van der Waals surface area contributed by atoms with E-state index in [0.29, 0.717) is 11.8 Å². The lowest BCUT2D eigenvalue weighted by Crippen LogP contribution is -2.52. The first-order valence-corrected chi connectivity index (χ1v) is 10.4. The van der Waals surface area contributed by atoms with E-state index in [1.807, 2.05) is 0 Å². The van der Waals surface area contributed by atoms with Crippen molar-refractivity contribution in [1.29, 1.82) is 0 Å². The molecule has 1 unspecified atom stereocenters. The number of hydrogen-bond acceptors (Lipinski definition) is 2. The second-order valence-electron chi connectivity index (χ2n) is 7.94. The highest BCUT2D eigenvalue weighted by atomic mass is 16.2. The topological polar surface area (TPSA) is 39.3 Å². The van der Waals surface area contributed by atoms with E-state index in [2.05, 4.69) is 52.2 Å². The molecule has 1 aromatic heterocycles. The van der Waals surface area contributed by atoms with Crippen molar-refractivity contribution in [3.8, 4) is 0 Å². The summed E-state index contributed by atoms with van der Waals surface area (Å²) in [5.41, 5.74) is 2.65. The molecule has 140 valence electrons. The summed E-state index contributed by atoms with van der Waals surface area (Å²) >= 11 is 0. The van der Waals surface area contributed by atoms with E-state index >= 15 is 0 Å². The second kappa shape index (κ2) is 7.83. The number of aromatic nitrogens is 1. The van der Waals surface area contributed by atoms with Crippen molar-refractivity contribution >= 4 is 16.8 Å². The number of H-pyrrole nitrogens is 1. The number of fused-ring (bicyclic) bond motifs is 1. The maximum absolute atomic E-state index is 13.1. The molecule has 4 nitrogen and oxygen atoms in total. The summed E-state index contributed by atoms with van der Waals surface area (Å²) in [6.07, 6.45) is 8.95. The van der Waals surface area contributed by atoms with Crippen LogP contribution in [-0.4, -0.2) is 52.9 Å². The standard InChI is InChI=1S/C22H31N3O/c1-2-12-24-13-6-5-9-21(24)22(26)25-14-10-17(11-15-25)19-16-23-20-8-4-3-7-18(19)20/h3-4,7-8,16-17,21,23H,2,5-6,9-15H2,1H3. The minimum absolute atomic E-state index is 0.133. The normalized spacial score (nSPS) is 22.8. The molecule has 2 saturated heterocycles. The minimum Gasteiger partial charge on any atom is -0.361 e. The van der Waals surface area contributed by atoms with E-state index in [9.17, 15) is 4.79 Å². The number of carbonyl (C=O) groups excluding carboxylic acids is 1. The van der Waals surface area contributed by atoms with E-state index < -0.39 is 0 Å². The van der Waals surface area contributed by atoms with Crippen molar-refractivity contribution in [3.05, 3.63) is 36.0 Å². The number of nitrogens with zero attached hydrogens (tertiary/aromatic N) is 2. The number of hydrogen-bond donors (Lipinski definition) is 1. The first kappa shape index (κ1) is 17.6. The van der Waals surface area contributed by atoms with Crippen LogP contribution >= 0.6 is 0 Å². The van der Waals surface area contributed by atoms with Crippen molar-refractivity contribution in [3.63, 3.8) is 0 Å². The third-order valence-electron chi connectivity index (χ3n) is 6.28. The van der Waals surface area contributed by atoms with Gasteiger partial charge in [-0.25, -0.2) is 0 Å². The van der Waals surface area contributed by atoms with Crippen LogP contribution in [0.1, 0.15) is 56.9 Å². The van der Waals surface area contributed by atoms with Gasteiger partial charge in [-0.3, -0.25) is 9.69 Å². The van der Waals surface area contributed by atoms with Crippen LogP contribution in [0.2, 0.25) is 0 Å². The number of rotatable bonds is 4. The fourth-order valence-corrected chi connectivity index (χ4v) is 4.88. The smallest absolute Gasteiger partial charge is 0.239 e. The molecule has 26 heavy (non-hydrogen) atoms. The van der Waals surface area contributed by atoms with Crippen molar-refractivity contribution in [2.45, 2.75) is 57.4 Å².